The Morgan fingerprint density at radius 3 is 2.60 bits per heavy atom. The lowest BCUT2D eigenvalue weighted by Gasteiger charge is -2.23. The third kappa shape index (κ3) is 4.12. The van der Waals surface area contributed by atoms with Crippen LogP contribution in [0.15, 0.2) is 18.2 Å². The quantitative estimate of drug-likeness (QED) is 0.700. The molecule has 1 heterocycles. The molecule has 0 radical (unpaired) electrons. The Kier molecular flexibility index (Phi) is 5.26. The second kappa shape index (κ2) is 6.95. The molecule has 2 rings (SSSR count). The van der Waals surface area contributed by atoms with E-state index in [2.05, 4.69) is 17.1 Å². The molecule has 20 heavy (non-hydrogen) atoms. The van der Waals surface area contributed by atoms with Crippen LogP contribution in [0, 0.1) is 5.92 Å². The zero-order valence-electron chi connectivity index (χ0n) is 12.5. The van der Waals surface area contributed by atoms with Crippen LogP contribution >= 0.6 is 0 Å². The zero-order valence-corrected chi connectivity index (χ0v) is 12.5. The van der Waals surface area contributed by atoms with Gasteiger partial charge in [0.05, 0.1) is 0 Å². The lowest BCUT2D eigenvalue weighted by Crippen LogP contribution is -2.32. The Hall–Kier alpha value is -1.26. The molecule has 0 saturated carbocycles. The maximum Gasteiger partial charge on any atom is 0.120 e. The van der Waals surface area contributed by atoms with Gasteiger partial charge in [0.15, 0.2) is 0 Å². The summed E-state index contributed by atoms with van der Waals surface area (Å²) in [6.07, 6.45) is 2.65. The Bertz CT molecular complexity index is 430. The van der Waals surface area contributed by atoms with Gasteiger partial charge in [-0.1, -0.05) is 6.92 Å². The van der Waals surface area contributed by atoms with E-state index in [1.807, 2.05) is 6.92 Å². The number of phenols is 2. The van der Waals surface area contributed by atoms with Crippen molar-refractivity contribution < 1.29 is 10.2 Å². The summed E-state index contributed by atoms with van der Waals surface area (Å²) in [4.78, 5) is 2.52. The van der Waals surface area contributed by atoms with Gasteiger partial charge in [-0.2, -0.15) is 0 Å². The van der Waals surface area contributed by atoms with Crippen LogP contribution in [0.4, 0.5) is 0 Å². The van der Waals surface area contributed by atoms with E-state index in [4.69, 9.17) is 0 Å². The third-order valence-electron chi connectivity index (χ3n) is 4.02. The molecule has 4 nitrogen and oxygen atoms in total. The number of phenolic OH excluding ortho intramolecular Hbond substituents is 2. The fraction of sp³-hybridized carbons (Fsp3) is 0.625. The molecule has 1 aromatic rings. The first-order valence-corrected chi connectivity index (χ1v) is 7.54. The topological polar surface area (TPSA) is 55.7 Å². The Balaban J connectivity index is 1.81. The summed E-state index contributed by atoms with van der Waals surface area (Å²) < 4.78 is 0. The van der Waals surface area contributed by atoms with Gasteiger partial charge in [-0.15, -0.1) is 0 Å². The van der Waals surface area contributed by atoms with E-state index in [1.54, 1.807) is 6.07 Å². The average molecular weight is 278 g/mol. The van der Waals surface area contributed by atoms with Crippen LogP contribution < -0.4 is 5.32 Å². The molecule has 1 fully saturated rings. The van der Waals surface area contributed by atoms with Gasteiger partial charge in [0.1, 0.15) is 11.5 Å². The molecule has 4 heteroatoms. The van der Waals surface area contributed by atoms with E-state index in [9.17, 15) is 10.2 Å². The number of rotatable bonds is 6. The van der Waals surface area contributed by atoms with Crippen LogP contribution in [0.5, 0.6) is 11.5 Å². The summed E-state index contributed by atoms with van der Waals surface area (Å²) in [7, 11) is 0. The van der Waals surface area contributed by atoms with Crippen LogP contribution in [0.2, 0.25) is 0 Å². The second-order valence-electron chi connectivity index (χ2n) is 5.99. The van der Waals surface area contributed by atoms with Crippen LogP contribution in [0.3, 0.4) is 0 Å². The maximum atomic E-state index is 9.84. The molecular weight excluding hydrogens is 252 g/mol. The van der Waals surface area contributed by atoms with Crippen molar-refractivity contribution >= 4 is 0 Å². The van der Waals surface area contributed by atoms with Crippen molar-refractivity contribution in [3.05, 3.63) is 23.8 Å². The van der Waals surface area contributed by atoms with Gasteiger partial charge in [0.25, 0.3) is 0 Å². The van der Waals surface area contributed by atoms with Crippen LogP contribution in [0.1, 0.15) is 38.3 Å². The first-order valence-electron chi connectivity index (χ1n) is 7.54. The molecule has 1 saturated heterocycles. The van der Waals surface area contributed by atoms with E-state index in [0.717, 1.165) is 18.7 Å². The molecule has 1 aromatic carbocycles. The highest BCUT2D eigenvalue weighted by Gasteiger charge is 2.16. The fourth-order valence-corrected chi connectivity index (χ4v) is 2.85. The monoisotopic (exact) mass is 278 g/mol. The highest BCUT2D eigenvalue weighted by atomic mass is 16.3. The van der Waals surface area contributed by atoms with Gasteiger partial charge >= 0.3 is 0 Å². The summed E-state index contributed by atoms with van der Waals surface area (Å²) in [5.41, 5.74) is 0.748. The number of likely N-dealkylation sites (tertiary alicyclic amines) is 1. The maximum absolute atomic E-state index is 9.84. The molecule has 2 atom stereocenters. The van der Waals surface area contributed by atoms with Gasteiger partial charge in [-0.25, -0.2) is 0 Å². The molecule has 3 N–H and O–H groups in total. The summed E-state index contributed by atoms with van der Waals surface area (Å²) in [5, 5.41) is 22.8. The average Bonchev–Trinajstić information content (AvgIpc) is 2.91. The van der Waals surface area contributed by atoms with Crippen molar-refractivity contribution in [1.29, 1.82) is 0 Å². The summed E-state index contributed by atoms with van der Waals surface area (Å²) in [5.74, 6) is 1.00. The van der Waals surface area contributed by atoms with Crippen molar-refractivity contribution in [1.82, 2.24) is 10.2 Å². The van der Waals surface area contributed by atoms with Crippen molar-refractivity contribution in [3.8, 4) is 11.5 Å². The lowest BCUT2D eigenvalue weighted by molar-refractivity contribution is 0.278. The number of hydrogen-bond donors (Lipinski definition) is 3. The van der Waals surface area contributed by atoms with Crippen molar-refractivity contribution in [3.63, 3.8) is 0 Å². The number of aromatic hydroxyl groups is 2. The Morgan fingerprint density at radius 1 is 1.20 bits per heavy atom. The largest absolute Gasteiger partial charge is 0.508 e. The minimum Gasteiger partial charge on any atom is -0.508 e. The Labute approximate surface area is 121 Å². The van der Waals surface area contributed by atoms with E-state index >= 15 is 0 Å². The molecule has 0 bridgehead atoms. The number of nitrogens with one attached hydrogen (secondary N) is 1. The fourth-order valence-electron chi connectivity index (χ4n) is 2.85. The second-order valence-corrected chi connectivity index (χ2v) is 5.99. The van der Waals surface area contributed by atoms with Gasteiger partial charge in [0.2, 0.25) is 0 Å². The lowest BCUT2D eigenvalue weighted by atomic mass is 10.1. The summed E-state index contributed by atoms with van der Waals surface area (Å²) in [6.45, 7) is 8.76. The predicted molar refractivity (Wildman–Crippen MR) is 81.0 cm³/mol. The highest BCUT2D eigenvalue weighted by Crippen LogP contribution is 2.27. The molecule has 1 aliphatic heterocycles. The predicted octanol–water partition coefficient (Wildman–Crippen LogP) is 2.48. The molecule has 0 spiro atoms. The van der Waals surface area contributed by atoms with Crippen LogP contribution in [-0.2, 0) is 0 Å². The smallest absolute Gasteiger partial charge is 0.120 e. The number of nitrogens with zero attached hydrogens (tertiary/aromatic N) is 1. The number of benzene rings is 1. The first kappa shape index (κ1) is 15.1. The standard InChI is InChI=1S/C16H26N2O2/c1-12(11-18-7-3-4-8-18)10-17-13(2)15-9-14(19)5-6-16(15)20/h5-6,9,12-13,17,19-20H,3-4,7-8,10-11H2,1-2H3. The SMILES string of the molecule is CC(CNC(C)c1cc(O)ccc1O)CN1CCCC1. The molecular formula is C16H26N2O2. The molecule has 0 aromatic heterocycles. The molecule has 112 valence electrons. The number of hydrogen-bond acceptors (Lipinski definition) is 4. The summed E-state index contributed by atoms with van der Waals surface area (Å²) in [6, 6.07) is 4.69. The van der Waals surface area contributed by atoms with Gasteiger partial charge < -0.3 is 20.4 Å². The van der Waals surface area contributed by atoms with Gasteiger partial charge in [-0.05, 0) is 63.5 Å². The van der Waals surface area contributed by atoms with Crippen molar-refractivity contribution in [2.24, 2.45) is 5.92 Å². The minimum absolute atomic E-state index is 0.0307. The normalized spacial score (nSPS) is 19.1. The van der Waals surface area contributed by atoms with E-state index in [0.29, 0.717) is 5.92 Å². The van der Waals surface area contributed by atoms with Gasteiger partial charge in [-0.3, -0.25) is 0 Å². The Morgan fingerprint density at radius 2 is 1.90 bits per heavy atom. The third-order valence-corrected chi connectivity index (χ3v) is 4.02. The molecule has 1 aliphatic rings. The van der Waals surface area contributed by atoms with E-state index in [-0.39, 0.29) is 17.5 Å². The molecule has 2 unspecified atom stereocenters. The molecule has 0 aliphatic carbocycles. The van der Waals surface area contributed by atoms with Crippen molar-refractivity contribution in [2.75, 3.05) is 26.2 Å². The minimum atomic E-state index is 0.0307. The van der Waals surface area contributed by atoms with E-state index < -0.39 is 0 Å². The molecule has 0 amide bonds. The van der Waals surface area contributed by atoms with Gasteiger partial charge in [0, 0.05) is 18.2 Å². The van der Waals surface area contributed by atoms with Crippen LogP contribution in [-0.4, -0.2) is 41.3 Å². The summed E-state index contributed by atoms with van der Waals surface area (Å²) >= 11 is 0. The van der Waals surface area contributed by atoms with Crippen LogP contribution in [0.25, 0.3) is 0 Å². The zero-order chi connectivity index (χ0) is 14.5. The van der Waals surface area contributed by atoms with Crippen molar-refractivity contribution in [2.45, 2.75) is 32.7 Å². The first-order chi connectivity index (χ1) is 9.56. The van der Waals surface area contributed by atoms with E-state index in [1.165, 1.54) is 38.1 Å². The highest BCUT2D eigenvalue weighted by molar-refractivity contribution is 5.40.